The Morgan fingerprint density at radius 2 is 1.26 bits per heavy atom. The highest BCUT2D eigenvalue weighted by Crippen LogP contribution is 2.31. The van der Waals surface area contributed by atoms with Crippen molar-refractivity contribution < 1.29 is 10.2 Å². The van der Waals surface area contributed by atoms with Crippen molar-refractivity contribution in [2.45, 2.75) is 19.8 Å². The number of nitrogens with zero attached hydrogens (tertiary/aromatic N) is 3. The van der Waals surface area contributed by atoms with Crippen molar-refractivity contribution in [3.63, 3.8) is 0 Å². The van der Waals surface area contributed by atoms with E-state index in [9.17, 15) is 10.2 Å². The number of unbranched alkanes of at least 4 members (excludes halogenated alkanes) is 1. The molecule has 0 aliphatic carbocycles. The lowest BCUT2D eigenvalue weighted by molar-refractivity contribution is 0.480. The summed E-state index contributed by atoms with van der Waals surface area (Å²) in [5.41, 5.74) is 1.14. The largest absolute Gasteiger partial charge is 0.506 e. The Morgan fingerprint density at radius 3 is 1.74 bits per heavy atom. The lowest BCUT2D eigenvalue weighted by Gasteiger charge is -2.23. The molecular weight excluding hydrogens is 338 g/mol. The van der Waals surface area contributed by atoms with E-state index in [1.165, 1.54) is 0 Å². The molecule has 0 aliphatic rings. The van der Waals surface area contributed by atoms with Gasteiger partial charge in [-0.3, -0.25) is 0 Å². The summed E-state index contributed by atoms with van der Waals surface area (Å²) in [4.78, 5) is 11.4. The van der Waals surface area contributed by atoms with Gasteiger partial charge in [0, 0.05) is 17.3 Å². The molecule has 0 atom stereocenters. The summed E-state index contributed by atoms with van der Waals surface area (Å²) >= 11 is 0. The lowest BCUT2D eigenvalue weighted by atomic mass is 10.2. The third-order valence-corrected chi connectivity index (χ3v) is 4.66. The Morgan fingerprint density at radius 1 is 0.741 bits per heavy atom. The number of phenols is 2. The van der Waals surface area contributed by atoms with Gasteiger partial charge in [0.2, 0.25) is 0 Å². The Balaban J connectivity index is 1.84. The van der Waals surface area contributed by atoms with Gasteiger partial charge in [0.1, 0.15) is 34.2 Å². The second-order valence-corrected chi connectivity index (χ2v) is 6.54. The molecule has 0 amide bonds. The van der Waals surface area contributed by atoms with Gasteiger partial charge in [-0.25, -0.2) is 9.97 Å². The predicted molar refractivity (Wildman–Crippen MR) is 109 cm³/mol. The van der Waals surface area contributed by atoms with E-state index < -0.39 is 0 Å². The summed E-state index contributed by atoms with van der Waals surface area (Å²) in [6.45, 7) is 2.88. The number of pyridine rings is 2. The smallest absolute Gasteiger partial charge is 0.141 e. The number of anilines is 2. The molecule has 0 unspecified atom stereocenters. The summed E-state index contributed by atoms with van der Waals surface area (Å²) in [6.07, 6.45) is 2.01. The summed E-state index contributed by atoms with van der Waals surface area (Å²) in [5.74, 6) is 1.77. The van der Waals surface area contributed by atoms with Crippen LogP contribution in [0.15, 0.2) is 60.7 Å². The first-order valence-electron chi connectivity index (χ1n) is 9.12. The molecular formula is C22H21N3O2. The van der Waals surface area contributed by atoms with Crippen LogP contribution in [0.4, 0.5) is 11.6 Å². The molecule has 2 N–H and O–H groups in total. The molecule has 27 heavy (non-hydrogen) atoms. The maximum absolute atomic E-state index is 10.2. The topological polar surface area (TPSA) is 69.5 Å². The Labute approximate surface area is 157 Å². The van der Waals surface area contributed by atoms with E-state index in [1.807, 2.05) is 53.4 Å². The maximum Gasteiger partial charge on any atom is 0.141 e. The van der Waals surface area contributed by atoms with Gasteiger partial charge < -0.3 is 15.1 Å². The van der Waals surface area contributed by atoms with Crippen LogP contribution in [-0.2, 0) is 0 Å². The molecule has 0 aliphatic heterocycles. The number of hydrogen-bond donors (Lipinski definition) is 2. The maximum atomic E-state index is 10.2. The Bertz CT molecular complexity index is 1030. The van der Waals surface area contributed by atoms with E-state index in [1.54, 1.807) is 12.1 Å². The van der Waals surface area contributed by atoms with E-state index in [-0.39, 0.29) is 11.5 Å². The Kier molecular flexibility index (Phi) is 4.50. The monoisotopic (exact) mass is 359 g/mol. The minimum absolute atomic E-state index is 0.161. The van der Waals surface area contributed by atoms with E-state index in [0.29, 0.717) is 11.0 Å². The first-order chi connectivity index (χ1) is 13.2. The second kappa shape index (κ2) is 7.11. The normalized spacial score (nSPS) is 11.1. The van der Waals surface area contributed by atoms with Crippen LogP contribution in [0.1, 0.15) is 19.8 Å². The van der Waals surface area contributed by atoms with Gasteiger partial charge >= 0.3 is 0 Å². The van der Waals surface area contributed by atoms with Crippen molar-refractivity contribution in [3.8, 4) is 11.5 Å². The van der Waals surface area contributed by atoms with Gasteiger partial charge in [-0.1, -0.05) is 37.6 Å². The average Bonchev–Trinajstić information content (AvgIpc) is 2.69. The van der Waals surface area contributed by atoms with Crippen molar-refractivity contribution in [1.82, 2.24) is 9.97 Å². The quantitative estimate of drug-likeness (QED) is 0.517. The van der Waals surface area contributed by atoms with E-state index in [0.717, 1.165) is 41.8 Å². The second-order valence-electron chi connectivity index (χ2n) is 6.54. The number of aromatic nitrogens is 2. The highest BCUT2D eigenvalue weighted by molar-refractivity contribution is 5.88. The zero-order valence-electron chi connectivity index (χ0n) is 15.1. The van der Waals surface area contributed by atoms with Crippen molar-refractivity contribution in [2.75, 3.05) is 11.4 Å². The molecule has 5 nitrogen and oxygen atoms in total. The first-order valence-corrected chi connectivity index (χ1v) is 9.12. The summed E-state index contributed by atoms with van der Waals surface area (Å²) < 4.78 is 0. The zero-order valence-corrected chi connectivity index (χ0v) is 15.1. The van der Waals surface area contributed by atoms with Crippen molar-refractivity contribution in [2.24, 2.45) is 0 Å². The van der Waals surface area contributed by atoms with Gasteiger partial charge in [0.25, 0.3) is 0 Å². The molecule has 4 aromatic rings. The fraction of sp³-hybridized carbons (Fsp3) is 0.182. The Hall–Kier alpha value is -3.34. The van der Waals surface area contributed by atoms with E-state index >= 15 is 0 Å². The number of benzene rings is 2. The fourth-order valence-electron chi connectivity index (χ4n) is 3.21. The fourth-order valence-corrected chi connectivity index (χ4v) is 3.21. The molecule has 0 saturated heterocycles. The molecule has 0 radical (unpaired) electrons. The molecule has 2 aromatic carbocycles. The van der Waals surface area contributed by atoms with Crippen LogP contribution in [0.25, 0.3) is 21.8 Å². The molecule has 4 rings (SSSR count). The van der Waals surface area contributed by atoms with Crippen molar-refractivity contribution in [3.05, 3.63) is 60.7 Å². The predicted octanol–water partition coefficient (Wildman–Crippen LogP) is 5.13. The SMILES string of the molecule is CCCCN(c1ccc2cccc(O)c2n1)c1ccc2cccc(O)c2n1. The van der Waals surface area contributed by atoms with Crippen molar-refractivity contribution in [1.29, 1.82) is 0 Å². The van der Waals surface area contributed by atoms with Gasteiger partial charge in [0.15, 0.2) is 0 Å². The van der Waals surface area contributed by atoms with Crippen LogP contribution < -0.4 is 4.90 Å². The van der Waals surface area contributed by atoms with Crippen LogP contribution in [0.3, 0.4) is 0 Å². The highest BCUT2D eigenvalue weighted by Gasteiger charge is 2.15. The van der Waals surface area contributed by atoms with Crippen LogP contribution in [-0.4, -0.2) is 26.7 Å². The molecule has 0 fully saturated rings. The lowest BCUT2D eigenvalue weighted by Crippen LogP contribution is -2.20. The number of hydrogen-bond acceptors (Lipinski definition) is 5. The summed E-state index contributed by atoms with van der Waals surface area (Å²) in [6, 6.07) is 18.5. The van der Waals surface area contributed by atoms with Crippen LogP contribution in [0.5, 0.6) is 11.5 Å². The molecule has 0 saturated carbocycles. The third kappa shape index (κ3) is 3.24. The van der Waals surface area contributed by atoms with Crippen LogP contribution in [0, 0.1) is 0 Å². The van der Waals surface area contributed by atoms with Gasteiger partial charge in [-0.2, -0.15) is 0 Å². The van der Waals surface area contributed by atoms with Gasteiger partial charge in [0.05, 0.1) is 0 Å². The third-order valence-electron chi connectivity index (χ3n) is 4.66. The van der Waals surface area contributed by atoms with Crippen molar-refractivity contribution >= 4 is 33.4 Å². The van der Waals surface area contributed by atoms with E-state index in [4.69, 9.17) is 0 Å². The first kappa shape index (κ1) is 17.1. The number of para-hydroxylation sites is 2. The average molecular weight is 359 g/mol. The number of fused-ring (bicyclic) bond motifs is 2. The molecule has 0 spiro atoms. The summed E-state index contributed by atoms with van der Waals surface area (Å²) in [5, 5.41) is 22.1. The highest BCUT2D eigenvalue weighted by atomic mass is 16.3. The molecule has 0 bridgehead atoms. The minimum atomic E-state index is 0.161. The van der Waals surface area contributed by atoms with Gasteiger partial charge in [-0.05, 0) is 42.8 Å². The number of aromatic hydroxyl groups is 2. The minimum Gasteiger partial charge on any atom is -0.506 e. The molecule has 2 aromatic heterocycles. The standard InChI is InChI=1S/C22H21N3O2/c1-2-3-14-25(19-12-10-15-6-4-8-17(26)21(15)23-19)20-13-11-16-7-5-9-18(27)22(16)24-20/h4-13,26-27H,2-3,14H2,1H3. The van der Waals surface area contributed by atoms with Crippen LogP contribution in [0.2, 0.25) is 0 Å². The molecule has 5 heteroatoms. The number of rotatable bonds is 5. The van der Waals surface area contributed by atoms with Gasteiger partial charge in [-0.15, -0.1) is 0 Å². The molecule has 2 heterocycles. The molecule has 136 valence electrons. The zero-order chi connectivity index (χ0) is 18.8. The number of phenolic OH excluding ortho intramolecular Hbond substituents is 2. The van der Waals surface area contributed by atoms with Crippen LogP contribution >= 0.6 is 0 Å². The summed E-state index contributed by atoms with van der Waals surface area (Å²) in [7, 11) is 0. The van der Waals surface area contributed by atoms with E-state index in [2.05, 4.69) is 16.9 Å².